The maximum absolute atomic E-state index is 4.60. The molecule has 0 bridgehead atoms. The number of rotatable bonds is 1. The first-order valence-electron chi connectivity index (χ1n) is 6.68. The van der Waals surface area contributed by atoms with Gasteiger partial charge in [-0.2, -0.15) is 0 Å². The zero-order valence-corrected chi connectivity index (χ0v) is 11.5. The molecule has 0 atom stereocenters. The first kappa shape index (κ1) is 12.4. The maximum atomic E-state index is 4.60. The Bertz CT molecular complexity index is 354. The van der Waals surface area contributed by atoms with Crippen LogP contribution in [0.1, 0.15) is 46.2 Å². The molecule has 0 saturated carbocycles. The zero-order valence-electron chi connectivity index (χ0n) is 11.5. The summed E-state index contributed by atoms with van der Waals surface area (Å²) in [5.41, 5.74) is 2.60. The highest BCUT2D eigenvalue weighted by molar-refractivity contribution is 5.45. The van der Waals surface area contributed by atoms with Gasteiger partial charge in [0.15, 0.2) is 0 Å². The van der Waals surface area contributed by atoms with Gasteiger partial charge >= 0.3 is 0 Å². The molecule has 0 N–H and O–H groups in total. The number of aromatic nitrogens is 1. The van der Waals surface area contributed by atoms with E-state index in [1.807, 2.05) is 6.20 Å². The molecule has 0 amide bonds. The third-order valence-corrected chi connectivity index (χ3v) is 3.67. The van der Waals surface area contributed by atoms with Crippen LogP contribution in [0.25, 0.3) is 0 Å². The summed E-state index contributed by atoms with van der Waals surface area (Å²) in [4.78, 5) is 7.06. The molecule has 17 heavy (non-hydrogen) atoms. The Labute approximate surface area is 105 Å². The molecule has 2 nitrogen and oxygen atoms in total. The van der Waals surface area contributed by atoms with E-state index in [9.17, 15) is 0 Å². The highest BCUT2D eigenvalue weighted by Crippen LogP contribution is 2.25. The molecule has 0 radical (unpaired) electrons. The number of pyridine rings is 1. The predicted molar refractivity (Wildman–Crippen MR) is 73.5 cm³/mol. The second-order valence-corrected chi connectivity index (χ2v) is 6.32. The molecular weight excluding hydrogens is 208 g/mol. The first-order chi connectivity index (χ1) is 7.97. The Balaban J connectivity index is 2.08. The summed E-state index contributed by atoms with van der Waals surface area (Å²) in [5, 5.41) is 0. The summed E-state index contributed by atoms with van der Waals surface area (Å²) >= 11 is 0. The molecule has 94 valence electrons. The molecule has 2 heterocycles. The van der Waals surface area contributed by atoms with Crippen LogP contribution >= 0.6 is 0 Å². The second-order valence-electron chi connectivity index (χ2n) is 6.32. The number of piperidine rings is 1. The average molecular weight is 232 g/mol. The van der Waals surface area contributed by atoms with Crippen molar-refractivity contribution in [2.24, 2.45) is 5.92 Å². The molecule has 2 heteroatoms. The average Bonchev–Trinajstić information content (AvgIpc) is 2.29. The van der Waals surface area contributed by atoms with Gasteiger partial charge in [0.25, 0.3) is 0 Å². The van der Waals surface area contributed by atoms with Gasteiger partial charge in [0.1, 0.15) is 0 Å². The Kier molecular flexibility index (Phi) is 3.41. The molecule has 0 unspecified atom stereocenters. The van der Waals surface area contributed by atoms with E-state index in [1.54, 1.807) is 0 Å². The summed E-state index contributed by atoms with van der Waals surface area (Å²) < 4.78 is 0. The minimum Gasteiger partial charge on any atom is -0.370 e. The van der Waals surface area contributed by atoms with E-state index in [-0.39, 0.29) is 5.41 Å². The quantitative estimate of drug-likeness (QED) is 0.735. The smallest absolute Gasteiger partial charge is 0.0552 e. The van der Waals surface area contributed by atoms with Crippen LogP contribution in [-0.2, 0) is 5.41 Å². The summed E-state index contributed by atoms with van der Waals surface area (Å²) in [6.07, 6.45) is 4.65. The van der Waals surface area contributed by atoms with Gasteiger partial charge in [0.05, 0.1) is 11.9 Å². The van der Waals surface area contributed by atoms with Crippen molar-refractivity contribution in [3.63, 3.8) is 0 Å². The standard InChI is InChI=1S/C15H24N2/c1-12-7-9-17(10-8-12)13-5-6-14(16-11-13)15(2,3)4/h5-6,11-12H,7-10H2,1-4H3. The minimum atomic E-state index is 0.148. The largest absolute Gasteiger partial charge is 0.370 e. The van der Waals surface area contributed by atoms with Crippen LogP contribution in [0.3, 0.4) is 0 Å². The molecule has 1 saturated heterocycles. The molecule has 1 aromatic rings. The fourth-order valence-electron chi connectivity index (χ4n) is 2.28. The fourth-order valence-corrected chi connectivity index (χ4v) is 2.28. The van der Waals surface area contributed by atoms with Crippen LogP contribution < -0.4 is 4.90 Å². The Morgan fingerprint density at radius 1 is 1.18 bits per heavy atom. The minimum absolute atomic E-state index is 0.148. The van der Waals surface area contributed by atoms with E-state index < -0.39 is 0 Å². The summed E-state index contributed by atoms with van der Waals surface area (Å²) in [6, 6.07) is 4.40. The molecule has 1 aromatic heterocycles. The number of hydrogen-bond donors (Lipinski definition) is 0. The third kappa shape index (κ3) is 2.99. The third-order valence-electron chi connectivity index (χ3n) is 3.67. The predicted octanol–water partition coefficient (Wildman–Crippen LogP) is 3.62. The lowest BCUT2D eigenvalue weighted by molar-refractivity contribution is 0.438. The van der Waals surface area contributed by atoms with E-state index in [2.05, 4.69) is 49.7 Å². The van der Waals surface area contributed by atoms with Crippen molar-refractivity contribution in [3.8, 4) is 0 Å². The van der Waals surface area contributed by atoms with Crippen molar-refractivity contribution in [1.82, 2.24) is 4.98 Å². The number of nitrogens with zero attached hydrogens (tertiary/aromatic N) is 2. The monoisotopic (exact) mass is 232 g/mol. The molecule has 0 spiro atoms. The lowest BCUT2D eigenvalue weighted by Gasteiger charge is -2.32. The molecule has 0 aromatic carbocycles. The van der Waals surface area contributed by atoms with Gasteiger partial charge < -0.3 is 4.90 Å². The van der Waals surface area contributed by atoms with Gasteiger partial charge in [-0.3, -0.25) is 4.98 Å². The molecule has 1 fully saturated rings. The Morgan fingerprint density at radius 3 is 2.29 bits per heavy atom. The normalized spacial score (nSPS) is 18.5. The van der Waals surface area contributed by atoms with Crippen LogP contribution in [0.2, 0.25) is 0 Å². The summed E-state index contributed by atoms with van der Waals surface area (Å²) in [5.74, 6) is 0.882. The van der Waals surface area contributed by atoms with E-state index in [4.69, 9.17) is 0 Å². The SMILES string of the molecule is CC1CCN(c2ccc(C(C)(C)C)nc2)CC1. The molecule has 1 aliphatic rings. The van der Waals surface area contributed by atoms with Crippen molar-refractivity contribution >= 4 is 5.69 Å². The van der Waals surface area contributed by atoms with Crippen molar-refractivity contribution in [1.29, 1.82) is 0 Å². The van der Waals surface area contributed by atoms with E-state index in [1.165, 1.54) is 37.3 Å². The van der Waals surface area contributed by atoms with Gasteiger partial charge in [0, 0.05) is 24.2 Å². The maximum Gasteiger partial charge on any atom is 0.0552 e. The van der Waals surface area contributed by atoms with Crippen LogP contribution in [0.5, 0.6) is 0 Å². The van der Waals surface area contributed by atoms with Crippen molar-refractivity contribution in [2.45, 2.75) is 46.0 Å². The number of anilines is 1. The lowest BCUT2D eigenvalue weighted by Crippen LogP contribution is -2.32. The topological polar surface area (TPSA) is 16.1 Å². The molecule has 2 rings (SSSR count). The van der Waals surface area contributed by atoms with Crippen molar-refractivity contribution in [3.05, 3.63) is 24.0 Å². The van der Waals surface area contributed by atoms with Gasteiger partial charge in [0.2, 0.25) is 0 Å². The summed E-state index contributed by atoms with van der Waals surface area (Å²) in [7, 11) is 0. The van der Waals surface area contributed by atoms with Gasteiger partial charge in [-0.1, -0.05) is 27.7 Å². The van der Waals surface area contributed by atoms with E-state index in [0.29, 0.717) is 0 Å². The lowest BCUT2D eigenvalue weighted by atomic mass is 9.91. The van der Waals surface area contributed by atoms with Gasteiger partial charge in [-0.05, 0) is 30.9 Å². The van der Waals surface area contributed by atoms with Crippen LogP contribution in [0.15, 0.2) is 18.3 Å². The highest BCUT2D eigenvalue weighted by Gasteiger charge is 2.18. The van der Waals surface area contributed by atoms with Crippen LogP contribution in [0.4, 0.5) is 5.69 Å². The van der Waals surface area contributed by atoms with E-state index >= 15 is 0 Å². The fraction of sp³-hybridized carbons (Fsp3) is 0.667. The first-order valence-corrected chi connectivity index (χ1v) is 6.68. The highest BCUT2D eigenvalue weighted by atomic mass is 15.1. The van der Waals surface area contributed by atoms with Gasteiger partial charge in [-0.15, -0.1) is 0 Å². The van der Waals surface area contributed by atoms with Crippen LogP contribution in [0, 0.1) is 5.92 Å². The molecular formula is C15H24N2. The zero-order chi connectivity index (χ0) is 12.5. The van der Waals surface area contributed by atoms with Crippen molar-refractivity contribution in [2.75, 3.05) is 18.0 Å². The van der Waals surface area contributed by atoms with Gasteiger partial charge in [-0.25, -0.2) is 0 Å². The Hall–Kier alpha value is -1.05. The Morgan fingerprint density at radius 2 is 1.82 bits per heavy atom. The molecule has 0 aliphatic carbocycles. The summed E-state index contributed by atoms with van der Waals surface area (Å²) in [6.45, 7) is 11.3. The van der Waals surface area contributed by atoms with Crippen molar-refractivity contribution < 1.29 is 0 Å². The van der Waals surface area contributed by atoms with Crippen LogP contribution in [-0.4, -0.2) is 18.1 Å². The molecule has 1 aliphatic heterocycles. The number of hydrogen-bond acceptors (Lipinski definition) is 2. The second kappa shape index (κ2) is 4.67. The van der Waals surface area contributed by atoms with E-state index in [0.717, 1.165) is 5.92 Å².